The Labute approximate surface area is 115 Å². The molecule has 1 N–H and O–H groups in total. The molecule has 0 bridgehead atoms. The Kier molecular flexibility index (Phi) is 4.54. The van der Waals surface area contributed by atoms with Crippen LogP contribution >= 0.6 is 34.7 Å². The van der Waals surface area contributed by atoms with Crippen molar-refractivity contribution in [3.8, 4) is 0 Å². The van der Waals surface area contributed by atoms with Crippen LogP contribution in [0.4, 0.5) is 5.13 Å². The number of rotatable bonds is 5. The molecule has 0 saturated heterocycles. The van der Waals surface area contributed by atoms with Crippen LogP contribution in [0.25, 0.3) is 10.2 Å². The average molecular weight is 287 g/mol. The first-order valence-electron chi connectivity index (χ1n) is 5.48. The molecule has 2 rings (SSSR count). The number of anilines is 1. The minimum atomic E-state index is 0.646. The Morgan fingerprint density at radius 2 is 2.35 bits per heavy atom. The minimum absolute atomic E-state index is 0.646. The van der Waals surface area contributed by atoms with Crippen LogP contribution in [-0.4, -0.2) is 23.5 Å². The number of benzene rings is 1. The fraction of sp³-hybridized carbons (Fsp3) is 0.417. The zero-order valence-corrected chi connectivity index (χ0v) is 12.3. The number of nitrogens with zero attached hydrogens (tertiary/aromatic N) is 1. The number of thioether (sulfide) groups is 1. The highest BCUT2D eigenvalue weighted by Gasteiger charge is 2.07. The highest BCUT2D eigenvalue weighted by molar-refractivity contribution is 7.98. The van der Waals surface area contributed by atoms with Gasteiger partial charge in [0.15, 0.2) is 5.13 Å². The third-order valence-electron chi connectivity index (χ3n) is 2.42. The predicted octanol–water partition coefficient (Wildman–Crippen LogP) is 4.36. The summed E-state index contributed by atoms with van der Waals surface area (Å²) >= 11 is 9.62. The van der Waals surface area contributed by atoms with Crippen molar-refractivity contribution in [3.63, 3.8) is 0 Å². The summed E-state index contributed by atoms with van der Waals surface area (Å²) < 4.78 is 1.06. The lowest BCUT2D eigenvalue weighted by Gasteiger charge is -2.09. The molecular weight excluding hydrogens is 272 g/mol. The van der Waals surface area contributed by atoms with Crippen LogP contribution in [-0.2, 0) is 0 Å². The molecule has 0 fully saturated rings. The van der Waals surface area contributed by atoms with E-state index in [1.54, 1.807) is 11.3 Å². The second kappa shape index (κ2) is 5.94. The van der Waals surface area contributed by atoms with Gasteiger partial charge in [0.05, 0.1) is 15.2 Å². The lowest BCUT2D eigenvalue weighted by Crippen LogP contribution is -2.12. The largest absolute Gasteiger partial charge is 0.361 e. The monoisotopic (exact) mass is 286 g/mol. The Morgan fingerprint density at radius 3 is 3.06 bits per heavy atom. The van der Waals surface area contributed by atoms with Crippen LogP contribution in [0, 0.1) is 5.92 Å². The van der Waals surface area contributed by atoms with Gasteiger partial charge in [0.2, 0.25) is 0 Å². The molecule has 0 amide bonds. The Hall–Kier alpha value is -0.450. The summed E-state index contributed by atoms with van der Waals surface area (Å²) in [7, 11) is 0. The molecule has 92 valence electrons. The first kappa shape index (κ1) is 13.0. The van der Waals surface area contributed by atoms with E-state index in [1.807, 2.05) is 30.0 Å². The first-order chi connectivity index (χ1) is 8.20. The summed E-state index contributed by atoms with van der Waals surface area (Å²) in [6, 6.07) is 5.83. The highest BCUT2D eigenvalue weighted by Crippen LogP contribution is 2.31. The number of aromatic nitrogens is 1. The number of hydrogen-bond donors (Lipinski definition) is 1. The molecule has 1 aromatic heterocycles. The molecule has 0 aliphatic carbocycles. The summed E-state index contributed by atoms with van der Waals surface area (Å²) in [6.07, 6.45) is 2.13. The molecule has 1 aromatic carbocycles. The predicted molar refractivity (Wildman–Crippen MR) is 80.7 cm³/mol. The standard InChI is InChI=1S/C12H15ClN2S2/c1-8(7-16-2)6-14-12-15-10-5-3-4-9(13)11(10)17-12/h3-5,8H,6-7H2,1-2H3,(H,14,15). The van der Waals surface area contributed by atoms with E-state index in [-0.39, 0.29) is 0 Å². The Balaban J connectivity index is 2.07. The van der Waals surface area contributed by atoms with Gasteiger partial charge in [-0.2, -0.15) is 11.8 Å². The summed E-state index contributed by atoms with van der Waals surface area (Å²) in [4.78, 5) is 4.52. The van der Waals surface area contributed by atoms with Crippen LogP contribution in [0.15, 0.2) is 18.2 Å². The molecule has 1 heterocycles. The Bertz CT molecular complexity index is 498. The molecule has 2 aromatic rings. The highest BCUT2D eigenvalue weighted by atomic mass is 35.5. The van der Waals surface area contributed by atoms with Gasteiger partial charge in [0.25, 0.3) is 0 Å². The van der Waals surface area contributed by atoms with Crippen molar-refractivity contribution in [1.82, 2.24) is 4.98 Å². The molecule has 0 aliphatic rings. The van der Waals surface area contributed by atoms with Crippen molar-refractivity contribution in [2.45, 2.75) is 6.92 Å². The fourth-order valence-electron chi connectivity index (χ4n) is 1.60. The van der Waals surface area contributed by atoms with E-state index in [0.717, 1.165) is 26.9 Å². The van der Waals surface area contributed by atoms with Gasteiger partial charge in [-0.15, -0.1) is 0 Å². The number of hydrogen-bond acceptors (Lipinski definition) is 4. The first-order valence-corrected chi connectivity index (χ1v) is 8.07. The lowest BCUT2D eigenvalue weighted by atomic mass is 10.2. The van der Waals surface area contributed by atoms with Crippen molar-refractivity contribution < 1.29 is 0 Å². The van der Waals surface area contributed by atoms with Crippen molar-refractivity contribution in [3.05, 3.63) is 23.2 Å². The van der Waals surface area contributed by atoms with Crippen LogP contribution in [0.5, 0.6) is 0 Å². The topological polar surface area (TPSA) is 24.9 Å². The van der Waals surface area contributed by atoms with Crippen molar-refractivity contribution in [2.24, 2.45) is 5.92 Å². The molecule has 1 unspecified atom stereocenters. The van der Waals surface area contributed by atoms with Gasteiger partial charge in [0.1, 0.15) is 0 Å². The van der Waals surface area contributed by atoms with Crippen molar-refractivity contribution in [2.75, 3.05) is 23.9 Å². The molecule has 0 aliphatic heterocycles. The van der Waals surface area contributed by atoms with Crippen molar-refractivity contribution in [1.29, 1.82) is 0 Å². The van der Waals surface area contributed by atoms with E-state index in [9.17, 15) is 0 Å². The van der Waals surface area contributed by atoms with Crippen molar-refractivity contribution >= 4 is 50.0 Å². The van der Waals surface area contributed by atoms with E-state index < -0.39 is 0 Å². The lowest BCUT2D eigenvalue weighted by molar-refractivity contribution is 0.701. The van der Waals surface area contributed by atoms with E-state index in [1.165, 1.54) is 5.75 Å². The molecular formula is C12H15ClN2S2. The molecule has 5 heteroatoms. The zero-order valence-electron chi connectivity index (χ0n) is 9.87. The number of fused-ring (bicyclic) bond motifs is 1. The SMILES string of the molecule is CSCC(C)CNc1nc2cccc(Cl)c2s1. The van der Waals surface area contributed by atoms with Gasteiger partial charge < -0.3 is 5.32 Å². The van der Waals surface area contributed by atoms with Crippen LogP contribution < -0.4 is 5.32 Å². The zero-order chi connectivity index (χ0) is 12.3. The van der Waals surface area contributed by atoms with Gasteiger partial charge in [-0.1, -0.05) is 35.9 Å². The van der Waals surface area contributed by atoms with E-state index in [4.69, 9.17) is 11.6 Å². The van der Waals surface area contributed by atoms with Crippen LogP contribution in [0.3, 0.4) is 0 Å². The van der Waals surface area contributed by atoms with Crippen LogP contribution in [0.1, 0.15) is 6.92 Å². The summed E-state index contributed by atoms with van der Waals surface area (Å²) in [5.41, 5.74) is 0.975. The molecule has 0 saturated carbocycles. The normalized spacial score (nSPS) is 12.9. The van der Waals surface area contributed by atoms with E-state index in [2.05, 4.69) is 23.5 Å². The molecule has 2 nitrogen and oxygen atoms in total. The maximum Gasteiger partial charge on any atom is 0.183 e. The van der Waals surface area contributed by atoms with Gasteiger partial charge in [-0.3, -0.25) is 0 Å². The second-order valence-electron chi connectivity index (χ2n) is 4.05. The second-order valence-corrected chi connectivity index (χ2v) is 6.37. The third-order valence-corrected chi connectivity index (χ3v) is 4.81. The minimum Gasteiger partial charge on any atom is -0.361 e. The van der Waals surface area contributed by atoms with Gasteiger partial charge >= 0.3 is 0 Å². The molecule has 1 atom stereocenters. The molecule has 17 heavy (non-hydrogen) atoms. The maximum absolute atomic E-state index is 6.12. The smallest absolute Gasteiger partial charge is 0.183 e. The third kappa shape index (κ3) is 3.27. The van der Waals surface area contributed by atoms with Crippen LogP contribution in [0.2, 0.25) is 5.02 Å². The average Bonchev–Trinajstić information content (AvgIpc) is 2.71. The maximum atomic E-state index is 6.12. The number of thiazole rings is 1. The van der Waals surface area contributed by atoms with E-state index in [0.29, 0.717) is 5.92 Å². The molecule has 0 spiro atoms. The number of halogens is 1. The summed E-state index contributed by atoms with van der Waals surface area (Å²) in [5, 5.41) is 5.12. The van der Waals surface area contributed by atoms with Gasteiger partial charge in [-0.05, 0) is 30.1 Å². The summed E-state index contributed by atoms with van der Waals surface area (Å²) in [5.74, 6) is 1.81. The van der Waals surface area contributed by atoms with E-state index >= 15 is 0 Å². The Morgan fingerprint density at radius 1 is 1.53 bits per heavy atom. The summed E-state index contributed by atoms with van der Waals surface area (Å²) in [6.45, 7) is 3.20. The van der Waals surface area contributed by atoms with Gasteiger partial charge in [0, 0.05) is 6.54 Å². The molecule has 0 radical (unpaired) electrons. The van der Waals surface area contributed by atoms with Gasteiger partial charge in [-0.25, -0.2) is 4.98 Å². The number of nitrogens with one attached hydrogen (secondary N) is 1. The fourth-order valence-corrected chi connectivity index (χ4v) is 3.44. The quantitative estimate of drug-likeness (QED) is 0.884.